The number of halogens is 3. The molecule has 1 N–H and O–H groups in total. The number of anilines is 1. The molecule has 0 aliphatic rings. The Morgan fingerprint density at radius 3 is 2.60 bits per heavy atom. The Kier molecular flexibility index (Phi) is 3.77. The average molecular weight is 328 g/mol. The zero-order valence-corrected chi connectivity index (χ0v) is 9.84. The van der Waals surface area contributed by atoms with E-state index in [9.17, 15) is 18.9 Å². The van der Waals surface area contributed by atoms with E-state index in [1.165, 1.54) is 22.6 Å². The van der Waals surface area contributed by atoms with Crippen LogP contribution in [0.1, 0.15) is 6.92 Å². The van der Waals surface area contributed by atoms with E-state index in [0.717, 1.165) is 6.07 Å². The van der Waals surface area contributed by atoms with E-state index in [0.29, 0.717) is 0 Å². The molecule has 0 aliphatic carbocycles. The van der Waals surface area contributed by atoms with Crippen LogP contribution in [-0.2, 0) is 0 Å². The number of nitrogens with one attached hydrogen (secondary N) is 1. The Morgan fingerprint density at radius 1 is 1.53 bits per heavy atom. The highest BCUT2D eigenvalue weighted by atomic mass is 127. The average Bonchev–Trinajstić information content (AvgIpc) is 2.18. The van der Waals surface area contributed by atoms with Crippen molar-refractivity contribution in [1.29, 1.82) is 0 Å². The van der Waals surface area contributed by atoms with Crippen molar-refractivity contribution in [3.63, 3.8) is 0 Å². The molecule has 0 aliphatic heterocycles. The van der Waals surface area contributed by atoms with Crippen LogP contribution in [-0.4, -0.2) is 11.5 Å². The summed E-state index contributed by atoms with van der Waals surface area (Å²) < 4.78 is 26.3. The summed E-state index contributed by atoms with van der Waals surface area (Å²) in [7, 11) is 0. The molecule has 1 aromatic carbocycles. The SMILES string of the molecule is CCNc1c([N+](=O)[O-])cc(I)c(F)c1F. The van der Waals surface area contributed by atoms with Gasteiger partial charge in [-0.1, -0.05) is 0 Å². The van der Waals surface area contributed by atoms with Crippen molar-refractivity contribution in [3.05, 3.63) is 31.4 Å². The number of hydrogen-bond donors (Lipinski definition) is 1. The summed E-state index contributed by atoms with van der Waals surface area (Å²) in [6.07, 6.45) is 0. The molecule has 7 heteroatoms. The van der Waals surface area contributed by atoms with Crippen molar-refractivity contribution in [2.45, 2.75) is 6.92 Å². The quantitative estimate of drug-likeness (QED) is 0.402. The molecular formula is C8H7F2IN2O2. The van der Waals surface area contributed by atoms with Gasteiger partial charge in [-0.3, -0.25) is 10.1 Å². The molecule has 4 nitrogen and oxygen atoms in total. The van der Waals surface area contributed by atoms with Gasteiger partial charge >= 0.3 is 0 Å². The molecule has 0 amide bonds. The highest BCUT2D eigenvalue weighted by Crippen LogP contribution is 2.32. The van der Waals surface area contributed by atoms with Gasteiger partial charge in [0.05, 0.1) is 8.49 Å². The zero-order chi connectivity index (χ0) is 11.6. The summed E-state index contributed by atoms with van der Waals surface area (Å²) in [5.41, 5.74) is -0.861. The smallest absolute Gasteiger partial charge is 0.296 e. The second-order valence-electron chi connectivity index (χ2n) is 2.67. The largest absolute Gasteiger partial charge is 0.377 e. The van der Waals surface area contributed by atoms with Gasteiger partial charge in [-0.15, -0.1) is 0 Å². The fraction of sp³-hybridized carbons (Fsp3) is 0.250. The summed E-state index contributed by atoms with van der Waals surface area (Å²) in [5.74, 6) is -2.28. The van der Waals surface area contributed by atoms with Crippen molar-refractivity contribution < 1.29 is 13.7 Å². The van der Waals surface area contributed by atoms with E-state index >= 15 is 0 Å². The van der Waals surface area contributed by atoms with Crippen molar-refractivity contribution in [2.75, 3.05) is 11.9 Å². The number of nitro groups is 1. The second-order valence-corrected chi connectivity index (χ2v) is 3.83. The third-order valence-corrected chi connectivity index (χ3v) is 2.48. The first-order chi connectivity index (χ1) is 6.99. The number of benzene rings is 1. The normalized spacial score (nSPS) is 10.1. The van der Waals surface area contributed by atoms with Gasteiger partial charge in [-0.05, 0) is 29.5 Å². The van der Waals surface area contributed by atoms with E-state index in [1.807, 2.05) is 0 Å². The maximum Gasteiger partial charge on any atom is 0.296 e. The molecule has 0 heterocycles. The zero-order valence-electron chi connectivity index (χ0n) is 7.68. The fourth-order valence-corrected chi connectivity index (χ4v) is 1.60. The maximum absolute atomic E-state index is 13.3. The van der Waals surface area contributed by atoms with Crippen molar-refractivity contribution in [2.24, 2.45) is 0 Å². The van der Waals surface area contributed by atoms with E-state index in [1.54, 1.807) is 6.92 Å². The van der Waals surface area contributed by atoms with E-state index in [4.69, 9.17) is 0 Å². The molecular weight excluding hydrogens is 321 g/mol. The van der Waals surface area contributed by atoms with Crippen LogP contribution in [0.2, 0.25) is 0 Å². The topological polar surface area (TPSA) is 55.2 Å². The molecule has 0 saturated heterocycles. The summed E-state index contributed by atoms with van der Waals surface area (Å²) in [5, 5.41) is 13.0. The third kappa shape index (κ3) is 2.33. The molecule has 0 bridgehead atoms. The van der Waals surface area contributed by atoms with Crippen LogP contribution in [0.3, 0.4) is 0 Å². The van der Waals surface area contributed by atoms with Crippen LogP contribution in [0.4, 0.5) is 20.2 Å². The van der Waals surface area contributed by atoms with E-state index < -0.39 is 27.9 Å². The van der Waals surface area contributed by atoms with Gasteiger partial charge in [-0.25, -0.2) is 8.78 Å². The Hall–Kier alpha value is -0.990. The Bertz CT molecular complexity index is 412. The summed E-state index contributed by atoms with van der Waals surface area (Å²) in [4.78, 5) is 9.84. The Labute approximate surface area is 98.0 Å². The highest BCUT2D eigenvalue weighted by Gasteiger charge is 2.23. The van der Waals surface area contributed by atoms with Gasteiger partial charge < -0.3 is 5.32 Å². The number of nitrogens with zero attached hydrogens (tertiary/aromatic N) is 1. The van der Waals surface area contributed by atoms with Gasteiger partial charge in [0.25, 0.3) is 5.69 Å². The fourth-order valence-electron chi connectivity index (χ4n) is 1.07. The summed E-state index contributed by atoms with van der Waals surface area (Å²) >= 11 is 1.51. The molecule has 0 aromatic heterocycles. The standard InChI is InChI=1S/C8H7F2IN2O2/c1-2-12-8-5(13(14)15)3-4(11)6(9)7(8)10/h3,12H,2H2,1H3. The number of rotatable bonds is 3. The minimum Gasteiger partial charge on any atom is -0.377 e. The summed E-state index contributed by atoms with van der Waals surface area (Å²) in [6, 6.07) is 0.997. The van der Waals surface area contributed by atoms with Crippen LogP contribution >= 0.6 is 22.6 Å². The van der Waals surface area contributed by atoms with Crippen LogP contribution < -0.4 is 5.32 Å². The molecule has 0 spiro atoms. The molecule has 15 heavy (non-hydrogen) atoms. The third-order valence-electron chi connectivity index (χ3n) is 1.69. The maximum atomic E-state index is 13.3. The lowest BCUT2D eigenvalue weighted by Gasteiger charge is -2.07. The van der Waals surface area contributed by atoms with E-state index in [-0.39, 0.29) is 10.1 Å². The lowest BCUT2D eigenvalue weighted by Crippen LogP contribution is -2.06. The molecule has 1 aromatic rings. The lowest BCUT2D eigenvalue weighted by molar-refractivity contribution is -0.384. The van der Waals surface area contributed by atoms with Gasteiger partial charge in [0.2, 0.25) is 0 Å². The van der Waals surface area contributed by atoms with Gasteiger partial charge in [-0.2, -0.15) is 0 Å². The first-order valence-corrected chi connectivity index (χ1v) is 5.12. The minimum atomic E-state index is -1.21. The highest BCUT2D eigenvalue weighted by molar-refractivity contribution is 14.1. The molecule has 0 radical (unpaired) electrons. The lowest BCUT2D eigenvalue weighted by atomic mass is 10.2. The Morgan fingerprint density at radius 2 is 2.13 bits per heavy atom. The van der Waals surface area contributed by atoms with Gasteiger partial charge in [0.1, 0.15) is 0 Å². The van der Waals surface area contributed by atoms with Crippen LogP contribution in [0.25, 0.3) is 0 Å². The number of hydrogen-bond acceptors (Lipinski definition) is 3. The van der Waals surface area contributed by atoms with E-state index in [2.05, 4.69) is 5.32 Å². The second kappa shape index (κ2) is 4.69. The van der Waals surface area contributed by atoms with Crippen LogP contribution in [0.5, 0.6) is 0 Å². The predicted molar refractivity (Wildman–Crippen MR) is 59.9 cm³/mol. The molecule has 1 rings (SSSR count). The molecule has 0 saturated carbocycles. The molecule has 0 atom stereocenters. The number of nitro benzene ring substituents is 1. The van der Waals surface area contributed by atoms with Crippen LogP contribution in [0, 0.1) is 25.3 Å². The molecule has 0 fully saturated rings. The van der Waals surface area contributed by atoms with Crippen molar-refractivity contribution >= 4 is 34.0 Å². The van der Waals surface area contributed by atoms with Gasteiger partial charge in [0.15, 0.2) is 17.3 Å². The Balaban J connectivity index is 3.43. The van der Waals surface area contributed by atoms with Crippen molar-refractivity contribution in [3.8, 4) is 0 Å². The van der Waals surface area contributed by atoms with Gasteiger partial charge in [0, 0.05) is 12.6 Å². The monoisotopic (exact) mass is 328 g/mol. The summed E-state index contributed by atoms with van der Waals surface area (Å²) in [6.45, 7) is 1.91. The van der Waals surface area contributed by atoms with Crippen LogP contribution in [0.15, 0.2) is 6.07 Å². The first-order valence-electron chi connectivity index (χ1n) is 4.04. The molecule has 0 unspecified atom stereocenters. The molecule has 82 valence electrons. The van der Waals surface area contributed by atoms with Crippen molar-refractivity contribution in [1.82, 2.24) is 0 Å². The first kappa shape index (κ1) is 12.1. The predicted octanol–water partition coefficient (Wildman–Crippen LogP) is 2.91. The minimum absolute atomic E-state index is 0.113.